The zero-order valence-corrected chi connectivity index (χ0v) is 8.94. The Morgan fingerprint density at radius 1 is 1.33 bits per heavy atom. The minimum atomic E-state index is -0.565. The summed E-state index contributed by atoms with van der Waals surface area (Å²) in [4.78, 5) is 0. The van der Waals surface area contributed by atoms with Crippen molar-refractivity contribution in [3.8, 4) is 0 Å². The summed E-state index contributed by atoms with van der Waals surface area (Å²) in [6.07, 6.45) is 7.87. The largest absolute Gasteiger partial charge is 0.358 e. The van der Waals surface area contributed by atoms with Crippen molar-refractivity contribution in [2.24, 2.45) is 0 Å². The van der Waals surface area contributed by atoms with Gasteiger partial charge < -0.3 is 4.74 Å². The van der Waals surface area contributed by atoms with E-state index in [1.807, 2.05) is 0 Å². The Hall–Kier alpha value is 0.390. The van der Waals surface area contributed by atoms with Gasteiger partial charge in [0.25, 0.3) is 0 Å². The van der Waals surface area contributed by atoms with E-state index in [4.69, 9.17) is 4.74 Å². The van der Waals surface area contributed by atoms with E-state index >= 15 is 0 Å². The van der Waals surface area contributed by atoms with E-state index in [0.717, 1.165) is 5.66 Å². The van der Waals surface area contributed by atoms with Gasteiger partial charge in [0, 0.05) is 20.6 Å². The Morgan fingerprint density at radius 2 is 2.17 bits per heavy atom. The van der Waals surface area contributed by atoms with Gasteiger partial charge in [-0.15, -0.1) is 0 Å². The normalized spacial score (nSPS) is 54.5. The Bertz CT molecular complexity index is 226. The molecule has 0 aromatic rings. The van der Waals surface area contributed by atoms with Crippen LogP contribution in [0.5, 0.6) is 0 Å². The highest BCUT2D eigenvalue weighted by atomic mass is 31.2. The van der Waals surface area contributed by atoms with Crippen molar-refractivity contribution in [2.45, 2.75) is 43.0 Å². The second kappa shape index (κ2) is 2.07. The smallest absolute Gasteiger partial charge is 0.134 e. The van der Waals surface area contributed by atoms with Crippen molar-refractivity contribution in [3.63, 3.8) is 0 Å². The van der Waals surface area contributed by atoms with Crippen LogP contribution in [0.25, 0.3) is 0 Å². The lowest BCUT2D eigenvalue weighted by molar-refractivity contribution is 0.234. The molecule has 2 heteroatoms. The van der Waals surface area contributed by atoms with E-state index in [1.54, 1.807) is 0 Å². The van der Waals surface area contributed by atoms with Gasteiger partial charge in [0.2, 0.25) is 0 Å². The van der Waals surface area contributed by atoms with E-state index in [1.165, 1.54) is 31.8 Å². The Labute approximate surface area is 75.2 Å². The van der Waals surface area contributed by atoms with Gasteiger partial charge in [-0.05, 0) is 19.3 Å². The van der Waals surface area contributed by atoms with Crippen molar-refractivity contribution in [2.75, 3.05) is 19.5 Å². The summed E-state index contributed by atoms with van der Waals surface area (Å²) >= 11 is 0. The Morgan fingerprint density at radius 3 is 2.92 bits per heavy atom. The minimum Gasteiger partial charge on any atom is -0.358 e. The zero-order chi connectivity index (χ0) is 8.40. The van der Waals surface area contributed by atoms with E-state index in [-0.39, 0.29) is 0 Å². The molecule has 2 aliphatic heterocycles. The third kappa shape index (κ3) is 0.775. The standard InChI is InChI=1S/C10H18OP/c1-12(2)7-8-10(11-8)6-4-3-5-9(10)12/h8-9H,3-7H2,1-2H3/q+1. The number of hydrogen-bond acceptors (Lipinski definition) is 1. The first-order valence-corrected chi connectivity index (χ1v) is 8.09. The molecule has 1 nitrogen and oxygen atoms in total. The van der Waals surface area contributed by atoms with Gasteiger partial charge >= 0.3 is 0 Å². The minimum absolute atomic E-state index is 0.440. The molecule has 0 amide bonds. The molecule has 2 saturated heterocycles. The highest BCUT2D eigenvalue weighted by Crippen LogP contribution is 2.76. The average Bonchev–Trinajstić information content (AvgIpc) is 2.57. The summed E-state index contributed by atoms with van der Waals surface area (Å²) in [5.74, 6) is 0. The predicted molar refractivity (Wildman–Crippen MR) is 53.5 cm³/mol. The van der Waals surface area contributed by atoms with E-state index < -0.39 is 7.26 Å². The summed E-state index contributed by atoms with van der Waals surface area (Å²) in [5.41, 5.74) is 1.43. The van der Waals surface area contributed by atoms with Crippen LogP contribution < -0.4 is 0 Å². The maximum absolute atomic E-state index is 5.91. The van der Waals surface area contributed by atoms with Gasteiger partial charge in [-0.1, -0.05) is 6.42 Å². The fourth-order valence-corrected chi connectivity index (χ4v) is 7.50. The molecule has 3 fully saturated rings. The van der Waals surface area contributed by atoms with Crippen molar-refractivity contribution in [3.05, 3.63) is 0 Å². The van der Waals surface area contributed by atoms with Crippen molar-refractivity contribution >= 4 is 7.26 Å². The summed E-state index contributed by atoms with van der Waals surface area (Å²) in [7, 11) is -0.565. The molecule has 0 radical (unpaired) electrons. The van der Waals surface area contributed by atoms with Crippen molar-refractivity contribution in [1.82, 2.24) is 0 Å². The number of ether oxygens (including phenoxy) is 1. The van der Waals surface area contributed by atoms with Crippen LogP contribution in [0.1, 0.15) is 25.7 Å². The molecule has 0 bridgehead atoms. The highest BCUT2D eigenvalue weighted by molar-refractivity contribution is 7.75. The molecule has 68 valence electrons. The molecule has 0 N–H and O–H groups in total. The fourth-order valence-electron chi connectivity index (χ4n) is 3.58. The lowest BCUT2D eigenvalue weighted by Crippen LogP contribution is -2.31. The van der Waals surface area contributed by atoms with Crippen LogP contribution in [-0.4, -0.2) is 36.9 Å². The van der Waals surface area contributed by atoms with Crippen LogP contribution in [0.2, 0.25) is 0 Å². The topological polar surface area (TPSA) is 12.5 Å². The molecule has 1 saturated carbocycles. The number of rotatable bonds is 0. The first-order chi connectivity index (χ1) is 5.65. The van der Waals surface area contributed by atoms with Crippen LogP contribution >= 0.6 is 7.26 Å². The van der Waals surface area contributed by atoms with Gasteiger partial charge in [-0.2, -0.15) is 0 Å². The molecule has 3 rings (SSSR count). The Balaban J connectivity index is 1.94. The molecule has 12 heavy (non-hydrogen) atoms. The third-order valence-electron chi connectivity index (χ3n) is 4.19. The van der Waals surface area contributed by atoms with Gasteiger partial charge in [0.05, 0.1) is 6.16 Å². The second-order valence-electron chi connectivity index (χ2n) is 5.28. The lowest BCUT2D eigenvalue weighted by Gasteiger charge is -2.30. The molecule has 3 aliphatic rings. The maximum Gasteiger partial charge on any atom is 0.134 e. The van der Waals surface area contributed by atoms with Crippen LogP contribution in [0.15, 0.2) is 0 Å². The van der Waals surface area contributed by atoms with Gasteiger partial charge in [0.15, 0.2) is 0 Å². The van der Waals surface area contributed by atoms with Gasteiger partial charge in [0.1, 0.15) is 17.4 Å². The third-order valence-corrected chi connectivity index (χ3v) is 7.84. The average molecular weight is 185 g/mol. The number of epoxide rings is 1. The van der Waals surface area contributed by atoms with E-state index in [2.05, 4.69) is 13.3 Å². The molecular formula is C10H18OP+. The first kappa shape index (κ1) is 7.76. The maximum atomic E-state index is 5.91. The molecular weight excluding hydrogens is 167 g/mol. The van der Waals surface area contributed by atoms with Crippen LogP contribution in [0.3, 0.4) is 0 Å². The molecule has 0 aromatic carbocycles. The van der Waals surface area contributed by atoms with Gasteiger partial charge in [-0.3, -0.25) is 0 Å². The molecule has 0 aromatic heterocycles. The van der Waals surface area contributed by atoms with Crippen LogP contribution in [0, 0.1) is 0 Å². The second-order valence-corrected chi connectivity index (χ2v) is 9.83. The Kier molecular flexibility index (Phi) is 1.34. The SMILES string of the molecule is C[P+]1(C)CC2OC23CCCCC31. The molecule has 3 atom stereocenters. The van der Waals surface area contributed by atoms with Gasteiger partial charge in [-0.25, -0.2) is 0 Å². The monoisotopic (exact) mass is 185 g/mol. The summed E-state index contributed by atoms with van der Waals surface area (Å²) in [6.45, 7) is 5.08. The zero-order valence-electron chi connectivity index (χ0n) is 8.05. The fraction of sp³-hybridized carbons (Fsp3) is 1.00. The first-order valence-electron chi connectivity index (χ1n) is 5.16. The van der Waals surface area contributed by atoms with Crippen molar-refractivity contribution < 1.29 is 4.74 Å². The van der Waals surface area contributed by atoms with Crippen LogP contribution in [0.4, 0.5) is 0 Å². The summed E-state index contributed by atoms with van der Waals surface area (Å²) in [5, 5.41) is 0. The predicted octanol–water partition coefficient (Wildman–Crippen LogP) is 2.36. The molecule has 2 heterocycles. The number of hydrogen-bond donors (Lipinski definition) is 0. The molecule has 3 unspecified atom stereocenters. The van der Waals surface area contributed by atoms with Crippen LogP contribution in [-0.2, 0) is 4.74 Å². The quantitative estimate of drug-likeness (QED) is 0.417. The summed E-state index contributed by atoms with van der Waals surface area (Å²) < 4.78 is 5.91. The highest BCUT2D eigenvalue weighted by Gasteiger charge is 2.75. The molecule has 1 aliphatic carbocycles. The van der Waals surface area contributed by atoms with E-state index in [9.17, 15) is 0 Å². The summed E-state index contributed by atoms with van der Waals surface area (Å²) in [6, 6.07) is 0. The van der Waals surface area contributed by atoms with Crippen molar-refractivity contribution in [1.29, 1.82) is 0 Å². The molecule has 1 spiro atoms. The lowest BCUT2D eigenvalue weighted by atomic mass is 9.86. The van der Waals surface area contributed by atoms with E-state index in [0.29, 0.717) is 11.7 Å².